The van der Waals surface area contributed by atoms with Crippen LogP contribution in [-0.4, -0.2) is 55.5 Å². The van der Waals surface area contributed by atoms with E-state index < -0.39 is 39.4 Å². The molecular formula is C29H30N2O6S. The summed E-state index contributed by atoms with van der Waals surface area (Å²) < 4.78 is 32.7. The van der Waals surface area contributed by atoms with Gasteiger partial charge in [0.25, 0.3) is 11.8 Å². The van der Waals surface area contributed by atoms with Crippen molar-refractivity contribution in [1.82, 2.24) is 4.90 Å². The fourth-order valence-electron chi connectivity index (χ4n) is 4.43. The highest BCUT2D eigenvalue weighted by Crippen LogP contribution is 2.29. The van der Waals surface area contributed by atoms with E-state index >= 15 is 0 Å². The predicted octanol–water partition coefficient (Wildman–Crippen LogP) is 4.52. The SMILES string of the molecule is CC(C)(C)OC(=O)C(CCN1C(=O)c2ccccc2C1=O)N(c1ccc(-c2ccccc2)cc1)S(C)(=O)=O. The van der Waals surface area contributed by atoms with Crippen molar-refractivity contribution >= 4 is 33.5 Å². The molecule has 0 saturated carbocycles. The molecule has 2 amide bonds. The molecule has 0 aromatic heterocycles. The lowest BCUT2D eigenvalue weighted by atomic mass is 10.1. The molecule has 3 aromatic carbocycles. The molecule has 0 bridgehead atoms. The first-order chi connectivity index (χ1) is 17.9. The number of rotatable bonds is 8. The zero-order valence-corrected chi connectivity index (χ0v) is 22.6. The molecule has 198 valence electrons. The number of nitrogens with zero attached hydrogens (tertiary/aromatic N) is 2. The summed E-state index contributed by atoms with van der Waals surface area (Å²) in [6.07, 6.45) is 0.866. The van der Waals surface area contributed by atoms with Gasteiger partial charge in [0.2, 0.25) is 10.0 Å². The van der Waals surface area contributed by atoms with Crippen molar-refractivity contribution in [2.24, 2.45) is 0 Å². The Kier molecular flexibility index (Phi) is 7.42. The van der Waals surface area contributed by atoms with Crippen molar-refractivity contribution in [3.05, 3.63) is 90.0 Å². The number of benzene rings is 3. The van der Waals surface area contributed by atoms with Gasteiger partial charge < -0.3 is 4.74 Å². The number of amides is 2. The van der Waals surface area contributed by atoms with Gasteiger partial charge in [0, 0.05) is 6.54 Å². The van der Waals surface area contributed by atoms with E-state index in [1.807, 2.05) is 30.3 Å². The molecule has 0 aliphatic carbocycles. The lowest BCUT2D eigenvalue weighted by Crippen LogP contribution is -2.49. The molecule has 1 aliphatic heterocycles. The van der Waals surface area contributed by atoms with E-state index in [1.54, 1.807) is 69.3 Å². The molecule has 0 spiro atoms. The van der Waals surface area contributed by atoms with Crippen molar-refractivity contribution in [3.8, 4) is 11.1 Å². The highest BCUT2D eigenvalue weighted by atomic mass is 32.2. The van der Waals surface area contributed by atoms with Gasteiger partial charge in [-0.15, -0.1) is 0 Å². The molecule has 38 heavy (non-hydrogen) atoms. The number of carbonyl (C=O) groups is 3. The number of imide groups is 1. The Labute approximate surface area is 222 Å². The van der Waals surface area contributed by atoms with Crippen molar-refractivity contribution in [1.29, 1.82) is 0 Å². The lowest BCUT2D eigenvalue weighted by Gasteiger charge is -2.33. The summed E-state index contributed by atoms with van der Waals surface area (Å²) in [7, 11) is -3.98. The number of carbonyl (C=O) groups excluding carboxylic acids is 3. The number of ether oxygens (including phenoxy) is 1. The third kappa shape index (κ3) is 5.78. The van der Waals surface area contributed by atoms with Gasteiger partial charge in [-0.25, -0.2) is 13.2 Å². The Morgan fingerprint density at radius 1 is 0.842 bits per heavy atom. The van der Waals surface area contributed by atoms with Crippen LogP contribution in [0.2, 0.25) is 0 Å². The first-order valence-electron chi connectivity index (χ1n) is 12.2. The number of anilines is 1. The molecule has 1 aliphatic rings. The fourth-order valence-corrected chi connectivity index (χ4v) is 5.59. The Morgan fingerprint density at radius 3 is 1.84 bits per heavy atom. The Hall–Kier alpha value is -3.98. The molecule has 3 aromatic rings. The third-order valence-electron chi connectivity index (χ3n) is 6.05. The third-order valence-corrected chi connectivity index (χ3v) is 7.23. The van der Waals surface area contributed by atoms with Crippen LogP contribution in [0.1, 0.15) is 47.9 Å². The number of hydrogen-bond donors (Lipinski definition) is 0. The molecule has 0 N–H and O–H groups in total. The van der Waals surface area contributed by atoms with E-state index in [0.717, 1.165) is 26.6 Å². The Balaban J connectivity index is 1.67. The second-order valence-corrected chi connectivity index (χ2v) is 12.0. The van der Waals surface area contributed by atoms with Gasteiger partial charge in [0.15, 0.2) is 0 Å². The minimum absolute atomic E-state index is 0.145. The van der Waals surface area contributed by atoms with Gasteiger partial charge in [-0.1, -0.05) is 54.6 Å². The monoisotopic (exact) mass is 534 g/mol. The summed E-state index contributed by atoms with van der Waals surface area (Å²) in [5.41, 5.74) is 1.78. The summed E-state index contributed by atoms with van der Waals surface area (Å²) in [6.45, 7) is 4.90. The average molecular weight is 535 g/mol. The van der Waals surface area contributed by atoms with Crippen LogP contribution in [0.4, 0.5) is 5.69 Å². The number of sulfonamides is 1. The molecule has 1 heterocycles. The molecular weight excluding hydrogens is 504 g/mol. The first-order valence-corrected chi connectivity index (χ1v) is 14.0. The van der Waals surface area contributed by atoms with Crippen molar-refractivity contribution in [3.63, 3.8) is 0 Å². The van der Waals surface area contributed by atoms with Gasteiger partial charge in [-0.2, -0.15) is 0 Å². The summed E-state index contributed by atoms with van der Waals surface area (Å²) in [4.78, 5) is 40.2. The summed E-state index contributed by atoms with van der Waals surface area (Å²) in [5.74, 6) is -1.73. The minimum atomic E-state index is -3.98. The number of hydrogen-bond acceptors (Lipinski definition) is 6. The van der Waals surface area contributed by atoms with Gasteiger partial charge in [0.05, 0.1) is 23.1 Å². The van der Waals surface area contributed by atoms with E-state index in [4.69, 9.17) is 4.74 Å². The van der Waals surface area contributed by atoms with Crippen LogP contribution >= 0.6 is 0 Å². The van der Waals surface area contributed by atoms with Gasteiger partial charge >= 0.3 is 5.97 Å². The fraction of sp³-hybridized carbons (Fsp3) is 0.276. The van der Waals surface area contributed by atoms with Crippen LogP contribution in [0.25, 0.3) is 11.1 Å². The summed E-state index contributed by atoms with van der Waals surface area (Å²) in [6, 6.07) is 21.6. The highest BCUT2D eigenvalue weighted by Gasteiger charge is 2.40. The second kappa shape index (κ2) is 10.4. The molecule has 0 saturated heterocycles. The molecule has 1 unspecified atom stereocenters. The molecule has 0 fully saturated rings. The second-order valence-electron chi connectivity index (χ2n) is 10.1. The van der Waals surface area contributed by atoms with E-state index in [0.29, 0.717) is 0 Å². The smallest absolute Gasteiger partial charge is 0.330 e. The Bertz CT molecular complexity index is 1430. The molecule has 8 nitrogen and oxygen atoms in total. The topological polar surface area (TPSA) is 101 Å². The van der Waals surface area contributed by atoms with Crippen molar-refractivity contribution in [2.75, 3.05) is 17.1 Å². The van der Waals surface area contributed by atoms with Gasteiger partial charge in [0.1, 0.15) is 11.6 Å². The summed E-state index contributed by atoms with van der Waals surface area (Å²) in [5, 5.41) is 0. The van der Waals surface area contributed by atoms with Crippen LogP contribution in [0.3, 0.4) is 0 Å². The molecule has 4 rings (SSSR count). The largest absolute Gasteiger partial charge is 0.458 e. The van der Waals surface area contributed by atoms with Gasteiger partial charge in [-0.3, -0.25) is 18.8 Å². The quantitative estimate of drug-likeness (QED) is 0.311. The Morgan fingerprint density at radius 2 is 1.34 bits per heavy atom. The van der Waals surface area contributed by atoms with Crippen LogP contribution in [0.5, 0.6) is 0 Å². The van der Waals surface area contributed by atoms with E-state index in [-0.39, 0.29) is 29.8 Å². The standard InChI is InChI=1S/C29H30N2O6S/c1-29(2,3)37-28(34)25(18-19-30-26(32)23-12-8-9-13-24(23)27(30)33)31(38(4,35)36)22-16-14-21(15-17-22)20-10-6-5-7-11-20/h5-17,25H,18-19H2,1-4H3. The molecule has 0 radical (unpaired) electrons. The lowest BCUT2D eigenvalue weighted by molar-refractivity contribution is -0.156. The van der Waals surface area contributed by atoms with E-state index in [1.165, 1.54) is 0 Å². The zero-order valence-electron chi connectivity index (χ0n) is 21.7. The zero-order chi connectivity index (χ0) is 27.7. The number of fused-ring (bicyclic) bond motifs is 1. The minimum Gasteiger partial charge on any atom is -0.458 e. The molecule has 1 atom stereocenters. The average Bonchev–Trinajstić information content (AvgIpc) is 3.10. The predicted molar refractivity (Wildman–Crippen MR) is 145 cm³/mol. The van der Waals surface area contributed by atoms with E-state index in [2.05, 4.69) is 0 Å². The maximum absolute atomic E-state index is 13.4. The van der Waals surface area contributed by atoms with E-state index in [9.17, 15) is 22.8 Å². The summed E-state index contributed by atoms with van der Waals surface area (Å²) >= 11 is 0. The van der Waals surface area contributed by atoms with Crippen molar-refractivity contribution < 1.29 is 27.5 Å². The van der Waals surface area contributed by atoms with Crippen LogP contribution in [0, 0.1) is 0 Å². The number of esters is 1. The maximum Gasteiger partial charge on any atom is 0.330 e. The van der Waals surface area contributed by atoms with Gasteiger partial charge in [-0.05, 0) is 62.6 Å². The van der Waals surface area contributed by atoms with Crippen LogP contribution < -0.4 is 4.31 Å². The van der Waals surface area contributed by atoms with Crippen LogP contribution in [0.15, 0.2) is 78.9 Å². The maximum atomic E-state index is 13.4. The highest BCUT2D eigenvalue weighted by molar-refractivity contribution is 7.92. The first kappa shape index (κ1) is 27.1. The van der Waals surface area contributed by atoms with Crippen LogP contribution in [-0.2, 0) is 19.6 Å². The van der Waals surface area contributed by atoms with Crippen molar-refractivity contribution in [2.45, 2.75) is 38.8 Å². The molecule has 9 heteroatoms. The normalized spacial score (nSPS) is 14.3.